The number of azide groups is 1. The first-order chi connectivity index (χ1) is 36.0. The molecule has 0 bridgehead atoms. The number of anilines is 2. The second-order valence-electron chi connectivity index (χ2n) is 16.9. The molecule has 30 nitrogen and oxygen atoms in total. The van der Waals surface area contributed by atoms with Gasteiger partial charge in [-0.1, -0.05) is 17.2 Å². The number of aliphatic carboxylic acids is 5. The molecule has 2 heterocycles. The maximum Gasteiger partial charge on any atom is 0.326 e. The van der Waals surface area contributed by atoms with Gasteiger partial charge in [0.2, 0.25) is 17.8 Å². The van der Waals surface area contributed by atoms with E-state index in [0.29, 0.717) is 11.4 Å². The number of nitrogens with one attached hydrogen (secondary N) is 6. The van der Waals surface area contributed by atoms with Crippen molar-refractivity contribution in [1.29, 1.82) is 0 Å². The molecule has 13 N–H and O–H groups in total. The molecule has 0 aliphatic rings. The summed E-state index contributed by atoms with van der Waals surface area (Å²) in [6.45, 7) is 0.165. The fraction of sp³-hybridized carbons (Fsp3) is 0.370. The van der Waals surface area contributed by atoms with Gasteiger partial charge in [-0.05, 0) is 67.6 Å². The predicted molar refractivity (Wildman–Crippen MR) is 260 cm³/mol. The summed E-state index contributed by atoms with van der Waals surface area (Å²) in [5.41, 5.74) is 14.8. The number of fused-ring (bicyclic) bond motifs is 1. The first-order valence-electron chi connectivity index (χ1n) is 22.9. The number of aromatic nitrogens is 4. The number of ketones is 2. The van der Waals surface area contributed by atoms with Gasteiger partial charge in [-0.25, -0.2) is 19.6 Å². The minimum Gasteiger partial charge on any atom is -0.481 e. The molecule has 0 aliphatic heterocycles. The molecule has 0 aliphatic carbocycles. The lowest BCUT2D eigenvalue weighted by molar-refractivity contribution is -0.146. The normalized spacial score (nSPS) is 12.7. The summed E-state index contributed by atoms with van der Waals surface area (Å²) in [5.74, 6) is -17.7. The smallest absolute Gasteiger partial charge is 0.326 e. The lowest BCUT2D eigenvalue weighted by Gasteiger charge is -2.23. The molecule has 5 atom stereocenters. The number of benzene rings is 2. The van der Waals surface area contributed by atoms with E-state index in [1.165, 1.54) is 54.7 Å². The van der Waals surface area contributed by atoms with Crippen LogP contribution in [0.5, 0.6) is 0 Å². The van der Waals surface area contributed by atoms with Crippen LogP contribution in [0.25, 0.3) is 21.6 Å². The van der Waals surface area contributed by atoms with Gasteiger partial charge < -0.3 is 57.9 Å². The molecular formula is C46H51N13O17. The molecule has 0 fully saturated rings. The summed E-state index contributed by atoms with van der Waals surface area (Å²) >= 11 is 0. The van der Waals surface area contributed by atoms with Crippen LogP contribution < -0.4 is 37.9 Å². The number of aromatic amines is 1. The molecule has 2 aromatic carbocycles. The average Bonchev–Trinajstić information content (AvgIpc) is 3.35. The van der Waals surface area contributed by atoms with Gasteiger partial charge in [-0.15, -0.1) is 0 Å². The highest BCUT2D eigenvalue weighted by atomic mass is 16.4. The summed E-state index contributed by atoms with van der Waals surface area (Å²) in [7, 11) is 0. The van der Waals surface area contributed by atoms with E-state index in [4.69, 9.17) is 11.3 Å². The van der Waals surface area contributed by atoms with Gasteiger partial charge in [0.1, 0.15) is 17.9 Å². The van der Waals surface area contributed by atoms with E-state index in [1.54, 1.807) is 0 Å². The van der Waals surface area contributed by atoms with Gasteiger partial charge in [0, 0.05) is 53.2 Å². The molecular weight excluding hydrogens is 1010 g/mol. The maximum atomic E-state index is 13.5. The highest BCUT2D eigenvalue weighted by Gasteiger charge is 2.35. The Morgan fingerprint density at radius 1 is 0.671 bits per heavy atom. The van der Waals surface area contributed by atoms with E-state index in [-0.39, 0.29) is 66.3 Å². The number of amides is 4. The van der Waals surface area contributed by atoms with Crippen molar-refractivity contribution >= 4 is 93.5 Å². The van der Waals surface area contributed by atoms with E-state index in [1.807, 2.05) is 0 Å². The van der Waals surface area contributed by atoms with Crippen molar-refractivity contribution in [3.8, 4) is 0 Å². The molecule has 0 saturated carbocycles. The first kappa shape index (κ1) is 58.7. The summed E-state index contributed by atoms with van der Waals surface area (Å²) in [4.78, 5) is 168. The number of nitrogen functional groups attached to an aromatic ring is 1. The second kappa shape index (κ2) is 28.4. The lowest BCUT2D eigenvalue weighted by atomic mass is 9.91. The number of nitrogens with zero attached hydrogens (tertiary/aromatic N) is 6. The third-order valence-corrected chi connectivity index (χ3v) is 11.1. The van der Waals surface area contributed by atoms with Gasteiger partial charge in [-0.3, -0.25) is 52.9 Å². The summed E-state index contributed by atoms with van der Waals surface area (Å²) < 4.78 is 0. The van der Waals surface area contributed by atoms with Crippen molar-refractivity contribution < 1.29 is 78.3 Å². The Kier molecular flexibility index (Phi) is 21.9. The quantitative estimate of drug-likeness (QED) is 0.0141. The number of carboxylic acids is 5. The van der Waals surface area contributed by atoms with Gasteiger partial charge in [0.15, 0.2) is 16.9 Å². The number of carboxylic acid groups (broad SMARTS) is 5. The fourth-order valence-corrected chi connectivity index (χ4v) is 7.26. The topological polar surface area (TPSA) is 495 Å². The summed E-state index contributed by atoms with van der Waals surface area (Å²) in [5, 5.41) is 63.8. The number of unbranched alkanes of at least 4 members (excludes halogenated alkanes) is 1. The molecule has 2 aromatic heterocycles. The number of carbonyl (C=O) groups is 11. The second-order valence-corrected chi connectivity index (χ2v) is 16.9. The van der Waals surface area contributed by atoms with Crippen molar-refractivity contribution in [2.45, 2.75) is 88.9 Å². The van der Waals surface area contributed by atoms with Crippen molar-refractivity contribution in [1.82, 2.24) is 41.2 Å². The Hall–Kier alpha value is -9.86. The number of nitrogens with two attached hydrogens (primary N) is 1. The van der Waals surface area contributed by atoms with Crippen molar-refractivity contribution in [2.24, 2.45) is 17.0 Å². The molecule has 4 rings (SSSR count). The Labute approximate surface area is 427 Å². The third-order valence-electron chi connectivity index (χ3n) is 11.1. The number of hydrogen-bond acceptors (Lipinski definition) is 18. The highest BCUT2D eigenvalue weighted by Crippen LogP contribution is 2.19. The fourth-order valence-electron chi connectivity index (χ4n) is 7.26. The highest BCUT2D eigenvalue weighted by molar-refractivity contribution is 5.99. The van der Waals surface area contributed by atoms with E-state index in [9.17, 15) is 83.1 Å². The van der Waals surface area contributed by atoms with Gasteiger partial charge >= 0.3 is 29.8 Å². The van der Waals surface area contributed by atoms with Gasteiger partial charge in [-0.2, -0.15) is 4.98 Å². The first-order valence-corrected chi connectivity index (χ1v) is 22.9. The van der Waals surface area contributed by atoms with Crippen LogP contribution in [0.2, 0.25) is 0 Å². The molecule has 30 heteroatoms. The zero-order valence-electron chi connectivity index (χ0n) is 40.0. The standard InChI is InChI=1S/C46H51N13O17/c47-46-56-38-37(43(72)57-46)52-28(21-51-38)20-50-26-8-4-23(5-9-26)40(69)54-31(45(75)76)13-12-29(60)15-24(17-34(62)63)41(70)55-32(19-36(66)67)33(61)16-25(18-35(64)65)42(71)53-30(44(73)74)3-1-2-14-49-39(68)22-6-10-27(11-7-22)58-59-48/h4-11,21,24-25,30-32,50H,1-3,12-20H2,(H,49,68)(H,53,71)(H,54,69)(H,55,70)(H,62,63)(H,64,65)(H,66,67)(H,73,74)(H,75,76)(H3,47,51,56,57,72)/t24-,25+,30+,31+,32+/m1/s1. The predicted octanol–water partition coefficient (Wildman–Crippen LogP) is 1.04. The van der Waals surface area contributed by atoms with E-state index < -0.39 is 146 Å². The minimum absolute atomic E-state index is 0.00813. The SMILES string of the molecule is [N-]=[N+]=Nc1ccc(C(=O)NCCCC[C@H](NC(=O)[C@H](CC(=O)O)CC(=O)[C@H](CC(=O)O)NC(=O)[C@@H](CC(=O)O)CC(=O)CC[C@H](NC(=O)c2ccc(NCc3cnc4nc(N)[nH]c(=O)c4n3)cc2)C(=O)O)C(=O)O)cc1. The Morgan fingerprint density at radius 2 is 1.24 bits per heavy atom. The number of rotatable bonds is 32. The van der Waals surface area contributed by atoms with Crippen LogP contribution in [0.15, 0.2) is 64.6 Å². The van der Waals surface area contributed by atoms with Crippen molar-refractivity contribution in [2.75, 3.05) is 17.6 Å². The van der Waals surface area contributed by atoms with Crippen LogP contribution in [0.4, 0.5) is 17.3 Å². The van der Waals surface area contributed by atoms with Gasteiger partial charge in [0.05, 0.1) is 55.6 Å². The molecule has 0 spiro atoms. The monoisotopic (exact) mass is 1060 g/mol. The molecule has 402 valence electrons. The molecule has 0 radical (unpaired) electrons. The van der Waals surface area contributed by atoms with Crippen LogP contribution in [-0.4, -0.2) is 135 Å². The molecule has 4 amide bonds. The number of Topliss-reactive ketones (excluding diaryl/α,β-unsaturated/α-hetero) is 2. The summed E-state index contributed by atoms with van der Waals surface area (Å²) in [6, 6.07) is 6.06. The number of carbonyl (C=O) groups excluding carboxylic acids is 6. The summed E-state index contributed by atoms with van der Waals surface area (Å²) in [6.07, 6.45) is -4.85. The van der Waals surface area contributed by atoms with Crippen LogP contribution >= 0.6 is 0 Å². The Balaban J connectivity index is 1.31. The molecule has 0 saturated heterocycles. The van der Waals surface area contributed by atoms with Crippen LogP contribution in [0.3, 0.4) is 0 Å². The number of H-pyrrole nitrogens is 1. The third kappa shape index (κ3) is 19.0. The van der Waals surface area contributed by atoms with Crippen LogP contribution in [-0.2, 0) is 49.7 Å². The molecule has 0 unspecified atom stereocenters. The maximum absolute atomic E-state index is 13.5. The Bertz CT molecular complexity index is 2960. The largest absolute Gasteiger partial charge is 0.481 e. The van der Waals surface area contributed by atoms with Crippen molar-refractivity contribution in [3.05, 3.63) is 92.3 Å². The molecule has 76 heavy (non-hydrogen) atoms. The van der Waals surface area contributed by atoms with Crippen LogP contribution in [0.1, 0.15) is 90.6 Å². The van der Waals surface area contributed by atoms with Gasteiger partial charge in [0.25, 0.3) is 17.4 Å². The Morgan fingerprint density at radius 3 is 1.83 bits per heavy atom. The zero-order chi connectivity index (χ0) is 56.1. The van der Waals surface area contributed by atoms with E-state index in [2.05, 4.69) is 56.5 Å². The zero-order valence-corrected chi connectivity index (χ0v) is 40.0. The van der Waals surface area contributed by atoms with E-state index in [0.717, 1.165) is 0 Å². The molecule has 4 aromatic rings. The van der Waals surface area contributed by atoms with Crippen molar-refractivity contribution in [3.63, 3.8) is 0 Å². The lowest BCUT2D eigenvalue weighted by Crippen LogP contribution is -2.48. The van der Waals surface area contributed by atoms with E-state index >= 15 is 0 Å². The average molecular weight is 1060 g/mol. The minimum atomic E-state index is -2.02. The van der Waals surface area contributed by atoms with Crippen LogP contribution in [0, 0.1) is 11.8 Å². The number of hydrogen-bond donors (Lipinski definition) is 12.